The van der Waals surface area contributed by atoms with Crippen molar-refractivity contribution in [3.8, 4) is 0 Å². The molecule has 2 saturated heterocycles. The van der Waals surface area contributed by atoms with Crippen molar-refractivity contribution in [2.75, 3.05) is 6.61 Å². The molecule has 6 fully saturated rings. The Bertz CT molecular complexity index is 883. The summed E-state index contributed by atoms with van der Waals surface area (Å²) in [6.45, 7) is 11.0. The van der Waals surface area contributed by atoms with Gasteiger partial charge in [0.25, 0.3) is 0 Å². The van der Waals surface area contributed by atoms with Gasteiger partial charge in [-0.15, -0.1) is 0 Å². The van der Waals surface area contributed by atoms with E-state index in [9.17, 15) is 24.9 Å². The average Bonchev–Trinajstić information content (AvgIpc) is 2.80. The fourth-order valence-corrected chi connectivity index (χ4v) is 8.82. The summed E-state index contributed by atoms with van der Waals surface area (Å²) in [5, 5.41) is 35.4. The summed E-state index contributed by atoms with van der Waals surface area (Å²) < 4.78 is 17.7. The molecule has 32 heavy (non-hydrogen) atoms. The summed E-state index contributed by atoms with van der Waals surface area (Å²) in [5.41, 5.74) is -2.21. The predicted molar refractivity (Wildman–Crippen MR) is 111 cm³/mol. The number of rotatable bonds is 2. The minimum atomic E-state index is -2.13. The molecular formula is C24H34O8. The van der Waals surface area contributed by atoms with Crippen molar-refractivity contribution < 1.29 is 39.1 Å². The minimum absolute atomic E-state index is 0.0929. The van der Waals surface area contributed by atoms with E-state index in [2.05, 4.69) is 20.4 Å². The van der Waals surface area contributed by atoms with E-state index in [-0.39, 0.29) is 17.9 Å². The molecule has 0 aromatic carbocycles. The monoisotopic (exact) mass is 450 g/mol. The van der Waals surface area contributed by atoms with E-state index in [1.165, 1.54) is 13.8 Å². The average molecular weight is 451 g/mol. The Labute approximate surface area is 187 Å². The number of carbonyl (C=O) groups is 2. The van der Waals surface area contributed by atoms with Gasteiger partial charge in [0.2, 0.25) is 5.79 Å². The van der Waals surface area contributed by atoms with Crippen LogP contribution in [0.2, 0.25) is 0 Å². The third kappa shape index (κ3) is 2.27. The van der Waals surface area contributed by atoms with E-state index in [1.54, 1.807) is 0 Å². The molecule has 2 aliphatic heterocycles. The van der Waals surface area contributed by atoms with Crippen LogP contribution in [-0.4, -0.2) is 64.1 Å². The smallest absolute Gasteiger partial charge is 0.302 e. The second-order valence-electron chi connectivity index (χ2n) is 11.3. The number of hydrogen-bond donors (Lipinski definition) is 3. The summed E-state index contributed by atoms with van der Waals surface area (Å²) in [7, 11) is 0. The van der Waals surface area contributed by atoms with E-state index in [1.807, 2.05) is 0 Å². The van der Waals surface area contributed by atoms with Crippen LogP contribution in [-0.2, 0) is 23.8 Å². The normalized spacial score (nSPS) is 52.7. The SMILES string of the molecule is C=C1C(O)C23[C@H](OC(C)=O)[C@H]1CC[C@H]2[C@@]12CO[C@@]3(O)[C@@H](O)[C@@H]1C(C)(C)CC[C@@H]2OC(C)=O. The van der Waals surface area contributed by atoms with Gasteiger partial charge in [0.05, 0.1) is 18.1 Å². The van der Waals surface area contributed by atoms with Crippen molar-refractivity contribution in [2.45, 2.75) is 83.6 Å². The first-order valence-electron chi connectivity index (χ1n) is 11.6. The molecule has 4 bridgehead atoms. The predicted octanol–water partition coefficient (Wildman–Crippen LogP) is 1.31. The highest BCUT2D eigenvalue weighted by Crippen LogP contribution is 2.78. The second kappa shape index (κ2) is 6.56. The minimum Gasteiger partial charge on any atom is -0.462 e. The summed E-state index contributed by atoms with van der Waals surface area (Å²) in [6.07, 6.45) is -1.51. The molecule has 2 unspecified atom stereocenters. The highest BCUT2D eigenvalue weighted by molar-refractivity contribution is 5.67. The van der Waals surface area contributed by atoms with Crippen LogP contribution in [0, 0.1) is 34.0 Å². The maximum Gasteiger partial charge on any atom is 0.302 e. The van der Waals surface area contributed by atoms with Gasteiger partial charge in [0.15, 0.2) is 0 Å². The third-order valence-electron chi connectivity index (χ3n) is 9.66. The first kappa shape index (κ1) is 22.3. The van der Waals surface area contributed by atoms with Gasteiger partial charge in [-0.05, 0) is 42.6 Å². The number of fused-ring (bicyclic) bond motifs is 2. The number of esters is 2. The molecule has 2 heterocycles. The standard InChI is InChI=1S/C24H34O8/c1-11-14-6-7-15-22-10-30-24(29,23(15,18(11)27)20(14)32-13(3)26)19(28)17(22)21(4,5)9-8-16(22)31-12(2)25/h14-20,27-29H,1,6-10H2,2-5H3/t14-,15-,16-,17+,18?,19-,20+,22+,23?,24-/m0/s1. The van der Waals surface area contributed by atoms with E-state index < -0.39 is 64.8 Å². The topological polar surface area (TPSA) is 123 Å². The van der Waals surface area contributed by atoms with Gasteiger partial charge in [-0.3, -0.25) is 9.59 Å². The first-order valence-corrected chi connectivity index (χ1v) is 11.6. The maximum atomic E-state index is 12.1. The molecule has 10 atom stereocenters. The molecule has 0 aromatic heterocycles. The Morgan fingerprint density at radius 3 is 2.38 bits per heavy atom. The Balaban J connectivity index is 1.78. The zero-order valence-electron chi connectivity index (χ0n) is 19.2. The summed E-state index contributed by atoms with van der Waals surface area (Å²) in [4.78, 5) is 24.2. The van der Waals surface area contributed by atoms with Gasteiger partial charge in [0.1, 0.15) is 18.3 Å². The van der Waals surface area contributed by atoms with Crippen molar-refractivity contribution in [3.63, 3.8) is 0 Å². The number of ether oxygens (including phenoxy) is 3. The zero-order valence-corrected chi connectivity index (χ0v) is 19.2. The molecule has 6 aliphatic rings. The van der Waals surface area contributed by atoms with Gasteiger partial charge in [-0.1, -0.05) is 20.4 Å². The van der Waals surface area contributed by atoms with Crippen LogP contribution in [0.5, 0.6) is 0 Å². The molecule has 3 N–H and O–H groups in total. The Morgan fingerprint density at radius 2 is 1.75 bits per heavy atom. The van der Waals surface area contributed by atoms with Gasteiger partial charge >= 0.3 is 11.9 Å². The lowest BCUT2D eigenvalue weighted by Gasteiger charge is -2.75. The molecule has 0 aromatic rings. The second-order valence-corrected chi connectivity index (χ2v) is 11.3. The summed E-state index contributed by atoms with van der Waals surface area (Å²) in [5.74, 6) is -4.26. The molecule has 8 nitrogen and oxygen atoms in total. The van der Waals surface area contributed by atoms with Gasteiger partial charge in [-0.25, -0.2) is 0 Å². The molecule has 0 amide bonds. The van der Waals surface area contributed by atoms with E-state index >= 15 is 0 Å². The molecule has 178 valence electrons. The molecule has 4 aliphatic carbocycles. The zero-order chi connectivity index (χ0) is 23.4. The molecule has 6 rings (SSSR count). The number of aliphatic hydroxyl groups is 3. The largest absolute Gasteiger partial charge is 0.462 e. The van der Waals surface area contributed by atoms with E-state index in [0.717, 1.165) is 0 Å². The van der Waals surface area contributed by atoms with Gasteiger partial charge in [0, 0.05) is 31.1 Å². The Hall–Kier alpha value is -1.48. The first-order chi connectivity index (χ1) is 14.9. The van der Waals surface area contributed by atoms with Crippen molar-refractivity contribution >= 4 is 11.9 Å². The Morgan fingerprint density at radius 1 is 1.09 bits per heavy atom. The fourth-order valence-electron chi connectivity index (χ4n) is 8.82. The lowest BCUT2D eigenvalue weighted by molar-refractivity contribution is -0.476. The van der Waals surface area contributed by atoms with Crippen LogP contribution in [0.1, 0.15) is 53.4 Å². The van der Waals surface area contributed by atoms with Gasteiger partial charge < -0.3 is 29.5 Å². The van der Waals surface area contributed by atoms with E-state index in [4.69, 9.17) is 14.2 Å². The quantitative estimate of drug-likeness (QED) is 0.425. The number of carbonyl (C=O) groups excluding carboxylic acids is 2. The van der Waals surface area contributed by atoms with Crippen LogP contribution in [0.4, 0.5) is 0 Å². The van der Waals surface area contributed by atoms with Crippen molar-refractivity contribution in [3.05, 3.63) is 12.2 Å². The molecule has 4 saturated carbocycles. The number of aliphatic hydroxyl groups excluding tert-OH is 2. The summed E-state index contributed by atoms with van der Waals surface area (Å²) >= 11 is 0. The van der Waals surface area contributed by atoms with Crippen LogP contribution >= 0.6 is 0 Å². The lowest BCUT2D eigenvalue weighted by atomic mass is 9.35. The molecule has 0 radical (unpaired) electrons. The van der Waals surface area contributed by atoms with Crippen molar-refractivity contribution in [2.24, 2.45) is 34.0 Å². The molecule has 2 spiro atoms. The fraction of sp³-hybridized carbons (Fsp3) is 0.833. The maximum absolute atomic E-state index is 12.1. The van der Waals surface area contributed by atoms with Crippen LogP contribution < -0.4 is 0 Å². The molecule has 8 heteroatoms. The Kier molecular flexibility index (Phi) is 4.57. The van der Waals surface area contributed by atoms with Gasteiger partial charge in [-0.2, -0.15) is 0 Å². The molecular weight excluding hydrogens is 416 g/mol. The van der Waals surface area contributed by atoms with Crippen molar-refractivity contribution in [1.29, 1.82) is 0 Å². The van der Waals surface area contributed by atoms with Crippen molar-refractivity contribution in [1.82, 2.24) is 0 Å². The number of hydrogen-bond acceptors (Lipinski definition) is 8. The van der Waals surface area contributed by atoms with Crippen LogP contribution in [0.15, 0.2) is 12.2 Å². The highest BCUT2D eigenvalue weighted by Gasteiger charge is 2.87. The third-order valence-corrected chi connectivity index (χ3v) is 9.66. The lowest BCUT2D eigenvalue weighted by Crippen LogP contribution is -2.86. The van der Waals surface area contributed by atoms with Crippen LogP contribution in [0.3, 0.4) is 0 Å². The summed E-state index contributed by atoms with van der Waals surface area (Å²) in [6, 6.07) is 0. The van der Waals surface area contributed by atoms with E-state index in [0.29, 0.717) is 31.3 Å². The van der Waals surface area contributed by atoms with Crippen LogP contribution in [0.25, 0.3) is 0 Å². The highest BCUT2D eigenvalue weighted by atomic mass is 16.7.